The van der Waals surface area contributed by atoms with E-state index >= 15 is 0 Å². The van der Waals surface area contributed by atoms with Crippen LogP contribution < -0.4 is 10.2 Å². The number of hydrogen-bond donors (Lipinski definition) is 2. The van der Waals surface area contributed by atoms with Gasteiger partial charge < -0.3 is 14.6 Å². The van der Waals surface area contributed by atoms with Crippen LogP contribution in [0.5, 0.6) is 0 Å². The maximum atomic E-state index is 11.9. The van der Waals surface area contributed by atoms with Crippen LogP contribution in [0.25, 0.3) is 0 Å². The largest absolute Gasteiger partial charge is 0.463 e. The Morgan fingerprint density at radius 1 is 1.44 bits per heavy atom. The molecule has 2 aromatic rings. The van der Waals surface area contributed by atoms with Crippen molar-refractivity contribution in [1.29, 1.82) is 0 Å². The number of quaternary nitrogens is 1. The Balaban J connectivity index is 1.97. The van der Waals surface area contributed by atoms with Gasteiger partial charge in [-0.15, -0.1) is 11.3 Å². The van der Waals surface area contributed by atoms with Crippen molar-refractivity contribution < 1.29 is 14.1 Å². The lowest BCUT2D eigenvalue weighted by atomic mass is 10.2. The Kier molecular flexibility index (Phi) is 4.17. The summed E-state index contributed by atoms with van der Waals surface area (Å²) >= 11 is 1.45. The predicted octanol–water partition coefficient (Wildman–Crippen LogP) is 0.957. The van der Waals surface area contributed by atoms with E-state index in [1.54, 1.807) is 6.26 Å². The lowest BCUT2D eigenvalue weighted by Gasteiger charge is -2.19. The minimum Gasteiger partial charge on any atom is -0.463 e. The molecule has 0 saturated heterocycles. The van der Waals surface area contributed by atoms with E-state index in [0.717, 1.165) is 10.6 Å². The van der Waals surface area contributed by atoms with Crippen molar-refractivity contribution >= 4 is 17.2 Å². The third-order valence-electron chi connectivity index (χ3n) is 2.80. The second kappa shape index (κ2) is 5.84. The molecule has 0 unspecified atom stereocenters. The smallest absolute Gasteiger partial charge is 0.261 e. The van der Waals surface area contributed by atoms with Gasteiger partial charge in [-0.2, -0.15) is 0 Å². The zero-order valence-corrected chi connectivity index (χ0v) is 11.3. The number of nitrogens with one attached hydrogen (secondary N) is 2. The van der Waals surface area contributed by atoms with Crippen molar-refractivity contribution in [3.63, 3.8) is 0 Å². The molecule has 18 heavy (non-hydrogen) atoms. The molecule has 0 aliphatic rings. The molecule has 0 fully saturated rings. The van der Waals surface area contributed by atoms with Crippen molar-refractivity contribution in [2.24, 2.45) is 0 Å². The van der Waals surface area contributed by atoms with E-state index < -0.39 is 0 Å². The monoisotopic (exact) mass is 265 g/mol. The van der Waals surface area contributed by atoms with Crippen LogP contribution in [0.2, 0.25) is 0 Å². The fourth-order valence-electron chi connectivity index (χ4n) is 1.77. The summed E-state index contributed by atoms with van der Waals surface area (Å²) in [6, 6.07) is 7.64. The summed E-state index contributed by atoms with van der Waals surface area (Å²) in [5.74, 6) is 0.865. The molecule has 4 nitrogen and oxygen atoms in total. The van der Waals surface area contributed by atoms with Crippen LogP contribution in [0, 0.1) is 0 Å². The van der Waals surface area contributed by atoms with Gasteiger partial charge in [-0.3, -0.25) is 4.79 Å². The second-order valence-electron chi connectivity index (χ2n) is 4.33. The maximum Gasteiger partial charge on any atom is 0.261 e. The van der Waals surface area contributed by atoms with E-state index in [4.69, 9.17) is 4.42 Å². The molecule has 1 amide bonds. The van der Waals surface area contributed by atoms with E-state index in [-0.39, 0.29) is 11.9 Å². The molecular weight excluding hydrogens is 248 g/mol. The summed E-state index contributed by atoms with van der Waals surface area (Å²) in [4.78, 5) is 13.8. The van der Waals surface area contributed by atoms with Crippen molar-refractivity contribution in [2.75, 3.05) is 20.6 Å². The first-order chi connectivity index (χ1) is 8.68. The van der Waals surface area contributed by atoms with Crippen LogP contribution in [-0.2, 0) is 0 Å². The first kappa shape index (κ1) is 12.9. The molecule has 0 spiro atoms. The van der Waals surface area contributed by atoms with Crippen molar-refractivity contribution in [3.05, 3.63) is 46.5 Å². The third kappa shape index (κ3) is 3.00. The summed E-state index contributed by atoms with van der Waals surface area (Å²) < 4.78 is 5.41. The Morgan fingerprint density at radius 2 is 2.28 bits per heavy atom. The highest BCUT2D eigenvalue weighted by molar-refractivity contribution is 7.12. The molecular formula is C13H17N2O2S+. The summed E-state index contributed by atoms with van der Waals surface area (Å²) in [6.07, 6.45) is 1.66. The van der Waals surface area contributed by atoms with Gasteiger partial charge in [0.1, 0.15) is 0 Å². The van der Waals surface area contributed by atoms with Crippen molar-refractivity contribution in [3.8, 4) is 0 Å². The van der Waals surface area contributed by atoms with Crippen LogP contribution in [0.15, 0.2) is 40.3 Å². The van der Waals surface area contributed by atoms with Gasteiger partial charge in [-0.05, 0) is 23.6 Å². The number of furan rings is 1. The second-order valence-corrected chi connectivity index (χ2v) is 5.28. The van der Waals surface area contributed by atoms with E-state index in [1.807, 2.05) is 43.7 Å². The van der Waals surface area contributed by atoms with Crippen LogP contribution >= 0.6 is 11.3 Å². The molecule has 5 heteroatoms. The molecule has 0 aliphatic carbocycles. The van der Waals surface area contributed by atoms with Gasteiger partial charge in [0, 0.05) is 0 Å². The van der Waals surface area contributed by atoms with E-state index in [1.165, 1.54) is 16.2 Å². The third-order valence-corrected chi connectivity index (χ3v) is 3.66. The van der Waals surface area contributed by atoms with Crippen LogP contribution in [-0.4, -0.2) is 26.5 Å². The van der Waals surface area contributed by atoms with Gasteiger partial charge in [0.15, 0.2) is 11.8 Å². The highest BCUT2D eigenvalue weighted by Gasteiger charge is 2.21. The summed E-state index contributed by atoms with van der Waals surface area (Å²) in [7, 11) is 4.09. The molecule has 0 saturated carbocycles. The summed E-state index contributed by atoms with van der Waals surface area (Å²) in [5, 5.41) is 4.84. The topological polar surface area (TPSA) is 46.7 Å². The average molecular weight is 265 g/mol. The first-order valence-corrected chi connectivity index (χ1v) is 6.71. The number of amides is 1. The van der Waals surface area contributed by atoms with Crippen molar-refractivity contribution in [1.82, 2.24) is 5.32 Å². The zero-order valence-electron chi connectivity index (χ0n) is 10.5. The predicted molar refractivity (Wildman–Crippen MR) is 70.9 cm³/mol. The highest BCUT2D eigenvalue weighted by atomic mass is 32.1. The van der Waals surface area contributed by atoms with E-state index in [9.17, 15) is 4.79 Å². The molecule has 2 heterocycles. The fraction of sp³-hybridized carbons (Fsp3) is 0.308. The van der Waals surface area contributed by atoms with E-state index in [0.29, 0.717) is 6.54 Å². The summed E-state index contributed by atoms with van der Waals surface area (Å²) in [6.45, 7) is 0.562. The Hall–Kier alpha value is -1.59. The molecule has 1 atom stereocenters. The minimum absolute atomic E-state index is 0.0252. The Bertz CT molecular complexity index is 477. The van der Waals surface area contributed by atoms with Gasteiger partial charge in [-0.25, -0.2) is 0 Å². The number of hydrogen-bond acceptors (Lipinski definition) is 3. The zero-order chi connectivity index (χ0) is 13.0. The first-order valence-electron chi connectivity index (χ1n) is 5.83. The number of likely N-dealkylation sites (N-methyl/N-ethyl adjacent to an activating group) is 1. The highest BCUT2D eigenvalue weighted by Crippen LogP contribution is 2.11. The normalized spacial score (nSPS) is 12.6. The molecule has 2 N–H and O–H groups in total. The lowest BCUT2D eigenvalue weighted by Crippen LogP contribution is -3.07. The molecule has 0 aromatic carbocycles. The SMILES string of the molecule is C[NH+](C)[C@@H](CNC(=O)c1cccs1)c1ccco1. The average Bonchev–Trinajstić information content (AvgIpc) is 3.01. The molecule has 0 radical (unpaired) electrons. The minimum atomic E-state index is -0.0252. The quantitative estimate of drug-likeness (QED) is 0.846. The Labute approximate surface area is 110 Å². The van der Waals surface area contributed by atoms with Gasteiger partial charge in [-0.1, -0.05) is 6.07 Å². The number of thiophene rings is 1. The molecule has 0 bridgehead atoms. The Morgan fingerprint density at radius 3 is 2.83 bits per heavy atom. The molecule has 2 rings (SSSR count). The van der Waals surface area contributed by atoms with Crippen molar-refractivity contribution in [2.45, 2.75) is 6.04 Å². The number of rotatable bonds is 5. The maximum absolute atomic E-state index is 11.9. The van der Waals surface area contributed by atoms with Crippen LogP contribution in [0.4, 0.5) is 0 Å². The van der Waals surface area contributed by atoms with Crippen LogP contribution in [0.3, 0.4) is 0 Å². The lowest BCUT2D eigenvalue weighted by molar-refractivity contribution is -0.891. The number of carbonyl (C=O) groups is 1. The number of carbonyl (C=O) groups excluding carboxylic acids is 1. The molecule has 96 valence electrons. The standard InChI is InChI=1S/C13H16N2O2S/c1-15(2)10(11-5-3-7-17-11)9-14-13(16)12-6-4-8-18-12/h3-8,10H,9H2,1-2H3,(H,14,16)/p+1/t10-/m0/s1. The molecule has 2 aromatic heterocycles. The summed E-state index contributed by atoms with van der Waals surface area (Å²) in [5.41, 5.74) is 0. The van der Waals surface area contributed by atoms with E-state index in [2.05, 4.69) is 5.32 Å². The fourth-order valence-corrected chi connectivity index (χ4v) is 2.41. The van der Waals surface area contributed by atoms with Gasteiger partial charge in [0.05, 0.1) is 31.8 Å². The molecule has 0 aliphatic heterocycles. The van der Waals surface area contributed by atoms with Gasteiger partial charge in [0.2, 0.25) is 0 Å². The van der Waals surface area contributed by atoms with Gasteiger partial charge in [0.25, 0.3) is 5.91 Å². The van der Waals surface area contributed by atoms with Gasteiger partial charge >= 0.3 is 0 Å². The van der Waals surface area contributed by atoms with Crippen LogP contribution in [0.1, 0.15) is 21.5 Å².